The Labute approximate surface area is 355 Å². The van der Waals surface area contributed by atoms with Crippen molar-refractivity contribution < 1.29 is 39.4 Å². The number of ketones is 1. The van der Waals surface area contributed by atoms with Gasteiger partial charge in [0.2, 0.25) is 0 Å². The minimum atomic E-state index is -0.530. The van der Waals surface area contributed by atoms with Crippen LogP contribution in [0.1, 0.15) is 93.0 Å². The monoisotopic (exact) mass is 815 g/mol. The quantitative estimate of drug-likeness (QED) is 0.0587. The van der Waals surface area contributed by atoms with Crippen LogP contribution in [-0.4, -0.2) is 58.7 Å². The van der Waals surface area contributed by atoms with Gasteiger partial charge in [-0.15, -0.1) is 0 Å². The zero-order valence-corrected chi connectivity index (χ0v) is 35.3. The Balaban J connectivity index is 1.24. The number of aryl methyl sites for hydroxylation is 3. The average molecular weight is 816 g/mol. The van der Waals surface area contributed by atoms with Crippen molar-refractivity contribution >= 4 is 22.2 Å². The fourth-order valence-corrected chi connectivity index (χ4v) is 8.41. The van der Waals surface area contributed by atoms with Gasteiger partial charge in [-0.1, -0.05) is 55.7 Å². The van der Waals surface area contributed by atoms with E-state index in [1.54, 1.807) is 14.0 Å². The van der Waals surface area contributed by atoms with Gasteiger partial charge in [-0.05, 0) is 151 Å². The molecular formula is C51H61NO8. The van der Waals surface area contributed by atoms with Gasteiger partial charge < -0.3 is 40.0 Å². The number of anilines is 1. The maximum atomic E-state index is 13.7. The number of methoxy groups -OCH3 is 1. The van der Waals surface area contributed by atoms with E-state index >= 15 is 0 Å². The van der Waals surface area contributed by atoms with Gasteiger partial charge >= 0.3 is 0 Å². The molecule has 0 radical (unpaired) electrons. The maximum absolute atomic E-state index is 13.7. The second-order valence-corrected chi connectivity index (χ2v) is 16.3. The SMILES string of the molecule is CCc1cc(O)c2c3ccc(cc13)COc1cc(ccc1OC)CCC(=O)C[C@H](C[C@H]1C=C(O)C(CCCO)=C[C@@H]1CCCCc1cccc(NC[C@H](C)O)c1)OC#CC2. The third kappa shape index (κ3) is 12.1. The van der Waals surface area contributed by atoms with E-state index in [1.165, 1.54) is 5.56 Å². The van der Waals surface area contributed by atoms with E-state index in [1.807, 2.05) is 54.6 Å². The standard InChI is InChI=1S/C51H61NO8/c1-4-38-29-49(57)46-15-9-23-59-44(31-43(55)19-16-36-18-21-50(58-3)51(26-36)60-33-37-17-20-45(46)47(38)25-37)28-41-30-48(56)40(13-8-22-53)27-39(41)12-6-5-10-35-11-7-14-42(24-35)52-32-34(2)54/h7,11,14,17-18,20-21,24-27,29-30,34,39,41,44,52-54,56-57H,4-6,8,10,12-13,15-16,19,22,28,31-33H2,1-3H3/t34-,39-,41-,44-/m0/s1. The number of rotatable bonds is 15. The van der Waals surface area contributed by atoms with Crippen molar-refractivity contribution in [2.24, 2.45) is 11.8 Å². The fourth-order valence-electron chi connectivity index (χ4n) is 8.41. The van der Waals surface area contributed by atoms with Gasteiger partial charge in [0.25, 0.3) is 0 Å². The highest BCUT2D eigenvalue weighted by molar-refractivity contribution is 5.91. The molecule has 0 unspecified atom stereocenters. The molecule has 9 nitrogen and oxygen atoms in total. The first-order chi connectivity index (χ1) is 29.1. The lowest BCUT2D eigenvalue weighted by atomic mass is 9.77. The molecule has 2 heterocycles. The lowest BCUT2D eigenvalue weighted by molar-refractivity contribution is -0.121. The number of Topliss-reactive ketones (excluding diaryl/α,β-unsaturated/α-hetero) is 1. The zero-order chi connectivity index (χ0) is 42.4. The van der Waals surface area contributed by atoms with Crippen molar-refractivity contribution in [1.29, 1.82) is 0 Å². The number of fused-ring (bicyclic) bond motifs is 9. The fraction of sp³-hybridized carbons (Fsp3) is 0.431. The molecule has 0 saturated carbocycles. The molecule has 0 saturated heterocycles. The van der Waals surface area contributed by atoms with Gasteiger partial charge in [0.15, 0.2) is 11.5 Å². The first-order valence-electron chi connectivity index (χ1n) is 21.6. The molecule has 4 atom stereocenters. The average Bonchev–Trinajstić information content (AvgIpc) is 3.24. The molecule has 0 aromatic heterocycles. The first-order valence-corrected chi connectivity index (χ1v) is 21.6. The Hall–Kier alpha value is -5.43. The van der Waals surface area contributed by atoms with Crippen LogP contribution in [0.15, 0.2) is 90.2 Å². The van der Waals surface area contributed by atoms with Gasteiger partial charge in [-0.2, -0.15) is 0 Å². The molecule has 6 bridgehead atoms. The number of carbonyl (C=O) groups is 1. The largest absolute Gasteiger partial charge is 0.508 e. The van der Waals surface area contributed by atoms with E-state index in [0.29, 0.717) is 62.3 Å². The number of ether oxygens (including phenoxy) is 3. The van der Waals surface area contributed by atoms with Crippen molar-refractivity contribution in [2.45, 2.75) is 110 Å². The van der Waals surface area contributed by atoms with Crippen molar-refractivity contribution in [3.05, 3.63) is 118 Å². The Morgan fingerprint density at radius 1 is 0.933 bits per heavy atom. The van der Waals surface area contributed by atoms with E-state index in [2.05, 4.69) is 48.5 Å². The van der Waals surface area contributed by atoms with Gasteiger partial charge in [-0.25, -0.2) is 0 Å². The molecule has 0 amide bonds. The molecule has 60 heavy (non-hydrogen) atoms. The van der Waals surface area contributed by atoms with Gasteiger partial charge in [0.05, 0.1) is 13.2 Å². The summed E-state index contributed by atoms with van der Waals surface area (Å²) in [5, 5.41) is 46.9. The maximum Gasteiger partial charge on any atom is 0.161 e. The first kappa shape index (κ1) is 44.1. The number of phenolic OH excluding ortho intramolecular Hbond substituents is 1. The lowest BCUT2D eigenvalue weighted by Gasteiger charge is -2.30. The molecule has 7 rings (SSSR count). The number of hydrogen-bond acceptors (Lipinski definition) is 9. The van der Waals surface area contributed by atoms with E-state index in [-0.39, 0.29) is 48.6 Å². The number of hydrogen-bond donors (Lipinski definition) is 5. The highest BCUT2D eigenvalue weighted by Crippen LogP contribution is 2.37. The molecule has 2 aliphatic heterocycles. The summed E-state index contributed by atoms with van der Waals surface area (Å²) in [6.45, 7) is 4.69. The van der Waals surface area contributed by atoms with Crippen LogP contribution in [0, 0.1) is 23.9 Å². The molecule has 3 aliphatic rings. The lowest BCUT2D eigenvalue weighted by Crippen LogP contribution is -2.25. The normalized spacial score (nSPS) is 18.8. The number of nitrogens with one attached hydrogen (secondary N) is 1. The van der Waals surface area contributed by atoms with Crippen molar-refractivity contribution in [3.63, 3.8) is 0 Å². The van der Waals surface area contributed by atoms with Crippen LogP contribution >= 0.6 is 0 Å². The van der Waals surface area contributed by atoms with Crippen molar-refractivity contribution in [3.8, 4) is 29.3 Å². The minimum absolute atomic E-state index is 0.0444. The summed E-state index contributed by atoms with van der Waals surface area (Å²) in [4.78, 5) is 13.7. The van der Waals surface area contributed by atoms with Crippen LogP contribution < -0.4 is 14.8 Å². The molecule has 1 aliphatic carbocycles. The Bertz CT molecular complexity index is 2210. The Morgan fingerprint density at radius 2 is 1.78 bits per heavy atom. The molecule has 4 aromatic carbocycles. The second kappa shape index (κ2) is 21.7. The summed E-state index contributed by atoms with van der Waals surface area (Å²) >= 11 is 0. The highest BCUT2D eigenvalue weighted by atomic mass is 16.5. The van der Waals surface area contributed by atoms with Crippen molar-refractivity contribution in [2.75, 3.05) is 25.6 Å². The topological polar surface area (TPSA) is 138 Å². The van der Waals surface area contributed by atoms with E-state index in [9.17, 15) is 25.2 Å². The zero-order valence-electron chi connectivity index (χ0n) is 35.3. The van der Waals surface area contributed by atoms with Gasteiger partial charge in [-0.3, -0.25) is 4.79 Å². The van der Waals surface area contributed by atoms with Gasteiger partial charge in [0.1, 0.15) is 36.1 Å². The smallest absolute Gasteiger partial charge is 0.161 e. The van der Waals surface area contributed by atoms with E-state index in [0.717, 1.165) is 70.8 Å². The molecule has 9 heteroatoms. The van der Waals surface area contributed by atoms with Gasteiger partial charge in [0, 0.05) is 43.7 Å². The third-order valence-corrected chi connectivity index (χ3v) is 11.7. The summed E-state index contributed by atoms with van der Waals surface area (Å²) in [5.41, 5.74) is 6.76. The number of allylic oxidation sites excluding steroid dienone is 3. The number of benzene rings is 4. The van der Waals surface area contributed by atoms with Crippen LogP contribution in [0.5, 0.6) is 17.2 Å². The Morgan fingerprint density at radius 3 is 2.58 bits per heavy atom. The summed E-state index contributed by atoms with van der Waals surface area (Å²) in [6.07, 6.45) is 13.4. The minimum Gasteiger partial charge on any atom is -0.508 e. The summed E-state index contributed by atoms with van der Waals surface area (Å²) in [5.74, 6) is 4.83. The predicted octanol–water partition coefficient (Wildman–Crippen LogP) is 9.47. The summed E-state index contributed by atoms with van der Waals surface area (Å²) in [6, 6.07) is 22.1. The number of aliphatic hydroxyl groups is 3. The van der Waals surface area contributed by atoms with Crippen LogP contribution in [0.2, 0.25) is 0 Å². The number of carbonyl (C=O) groups excluding carboxylic acids is 1. The Kier molecular flexibility index (Phi) is 16.0. The van der Waals surface area contributed by atoms with Crippen LogP contribution in [0.25, 0.3) is 10.8 Å². The van der Waals surface area contributed by atoms with E-state index in [4.69, 9.17) is 14.2 Å². The summed E-state index contributed by atoms with van der Waals surface area (Å²) in [7, 11) is 1.62. The van der Waals surface area contributed by atoms with E-state index < -0.39 is 12.2 Å². The van der Waals surface area contributed by atoms with Crippen LogP contribution in [0.3, 0.4) is 0 Å². The number of unbranched alkanes of at least 4 members (excludes halogenated alkanes) is 1. The molecular weight excluding hydrogens is 755 g/mol. The summed E-state index contributed by atoms with van der Waals surface area (Å²) < 4.78 is 18.2. The van der Waals surface area contributed by atoms with Crippen molar-refractivity contribution in [1.82, 2.24) is 0 Å². The molecule has 5 N–H and O–H groups in total. The van der Waals surface area contributed by atoms with Crippen LogP contribution in [0.4, 0.5) is 5.69 Å². The molecule has 318 valence electrons. The molecule has 0 fully saturated rings. The number of aromatic hydroxyl groups is 1. The predicted molar refractivity (Wildman–Crippen MR) is 237 cm³/mol. The number of phenols is 1. The second-order valence-electron chi connectivity index (χ2n) is 16.3. The molecule has 0 spiro atoms. The molecule has 4 aromatic rings. The number of aliphatic hydroxyl groups excluding tert-OH is 3. The highest BCUT2D eigenvalue weighted by Gasteiger charge is 2.29. The third-order valence-electron chi connectivity index (χ3n) is 11.7. The van der Waals surface area contributed by atoms with Crippen LogP contribution in [-0.2, 0) is 41.8 Å².